The van der Waals surface area contributed by atoms with Crippen molar-refractivity contribution in [1.82, 2.24) is 9.47 Å². The normalized spacial score (nSPS) is 17.1. The molecule has 1 atom stereocenters. The maximum Gasteiger partial charge on any atom is 0.330 e. The average molecular weight is 381 g/mol. The van der Waals surface area contributed by atoms with E-state index in [2.05, 4.69) is 20.9 Å². The van der Waals surface area contributed by atoms with Crippen LogP contribution >= 0.6 is 0 Å². The summed E-state index contributed by atoms with van der Waals surface area (Å²) >= 11 is 0. The summed E-state index contributed by atoms with van der Waals surface area (Å²) in [5, 5.41) is 2.96. The van der Waals surface area contributed by atoms with Crippen LogP contribution in [0.1, 0.15) is 37.1 Å². The number of amides is 1. The minimum absolute atomic E-state index is 0.0177. The molecule has 28 heavy (non-hydrogen) atoms. The molecule has 1 unspecified atom stereocenters. The van der Waals surface area contributed by atoms with Crippen molar-refractivity contribution in [3.8, 4) is 0 Å². The van der Waals surface area contributed by atoms with Crippen molar-refractivity contribution in [2.45, 2.75) is 25.8 Å². The van der Waals surface area contributed by atoms with Crippen molar-refractivity contribution < 1.29 is 14.3 Å². The Hall–Kier alpha value is -2.86. The van der Waals surface area contributed by atoms with Crippen molar-refractivity contribution in [2.24, 2.45) is 7.05 Å². The van der Waals surface area contributed by atoms with Crippen LogP contribution in [0.25, 0.3) is 6.08 Å². The molecular formula is C22H27N3O3. The average Bonchev–Trinajstić information content (AvgIpc) is 3.29. The first-order chi connectivity index (χ1) is 13.6. The Labute approximate surface area is 165 Å². The Morgan fingerprint density at radius 2 is 2.04 bits per heavy atom. The molecular weight excluding hydrogens is 354 g/mol. The number of hydrogen-bond donors (Lipinski definition) is 1. The Balaban J connectivity index is 1.54. The summed E-state index contributed by atoms with van der Waals surface area (Å²) in [5.41, 5.74) is 2.87. The minimum Gasteiger partial charge on any atom is -0.463 e. The molecule has 2 aromatic rings. The number of esters is 1. The van der Waals surface area contributed by atoms with Gasteiger partial charge in [-0.15, -0.1) is 0 Å². The van der Waals surface area contributed by atoms with E-state index in [0.29, 0.717) is 19.2 Å². The molecule has 1 aliphatic rings. The van der Waals surface area contributed by atoms with E-state index in [1.165, 1.54) is 11.8 Å². The van der Waals surface area contributed by atoms with Gasteiger partial charge in [0.25, 0.3) is 0 Å². The first kappa shape index (κ1) is 19.9. The third-order valence-corrected chi connectivity index (χ3v) is 4.93. The maximum atomic E-state index is 12.5. The fourth-order valence-corrected chi connectivity index (χ4v) is 3.59. The number of nitrogens with zero attached hydrogens (tertiary/aromatic N) is 2. The number of anilines is 1. The van der Waals surface area contributed by atoms with Crippen molar-refractivity contribution in [3.05, 3.63) is 59.9 Å². The molecule has 6 heteroatoms. The number of ether oxygens (including phenoxy) is 1. The number of nitrogens with one attached hydrogen (secondary N) is 1. The summed E-state index contributed by atoms with van der Waals surface area (Å²) in [6.45, 7) is 3.44. The molecule has 0 saturated carbocycles. The first-order valence-corrected chi connectivity index (χ1v) is 9.67. The molecule has 1 aromatic heterocycles. The number of carbonyl (C=O) groups excluding carboxylic acids is 2. The fraction of sp³-hybridized carbons (Fsp3) is 0.364. The summed E-state index contributed by atoms with van der Waals surface area (Å²) in [7, 11) is 2.05. The van der Waals surface area contributed by atoms with Crippen LogP contribution in [0.15, 0.2) is 48.7 Å². The van der Waals surface area contributed by atoms with Gasteiger partial charge in [-0.3, -0.25) is 9.69 Å². The van der Waals surface area contributed by atoms with E-state index in [1.54, 1.807) is 13.0 Å². The SMILES string of the molecule is CCOC(=O)/C=C/c1ccc(NC(=O)CN2CCCC2c2cccn2C)cc1. The van der Waals surface area contributed by atoms with Crippen LogP contribution in [0.3, 0.4) is 0 Å². The molecule has 0 bridgehead atoms. The highest BCUT2D eigenvalue weighted by atomic mass is 16.5. The Morgan fingerprint density at radius 1 is 1.25 bits per heavy atom. The van der Waals surface area contributed by atoms with Crippen molar-refractivity contribution >= 4 is 23.6 Å². The lowest BCUT2D eigenvalue weighted by atomic mass is 10.1. The van der Waals surface area contributed by atoms with Gasteiger partial charge in [0.2, 0.25) is 5.91 Å². The van der Waals surface area contributed by atoms with Crippen LogP contribution in [0.4, 0.5) is 5.69 Å². The molecule has 0 spiro atoms. The lowest BCUT2D eigenvalue weighted by Gasteiger charge is -2.24. The molecule has 0 aliphatic carbocycles. The van der Waals surface area contributed by atoms with Crippen LogP contribution in [-0.4, -0.2) is 41.0 Å². The van der Waals surface area contributed by atoms with Gasteiger partial charge in [0, 0.05) is 30.7 Å². The van der Waals surface area contributed by atoms with Gasteiger partial charge in [-0.25, -0.2) is 4.79 Å². The van der Waals surface area contributed by atoms with Gasteiger partial charge in [-0.05, 0) is 62.2 Å². The van der Waals surface area contributed by atoms with E-state index in [1.807, 2.05) is 43.6 Å². The van der Waals surface area contributed by atoms with E-state index >= 15 is 0 Å². The Bertz CT molecular complexity index is 839. The van der Waals surface area contributed by atoms with Crippen molar-refractivity contribution in [3.63, 3.8) is 0 Å². The Morgan fingerprint density at radius 3 is 2.71 bits per heavy atom. The highest BCUT2D eigenvalue weighted by molar-refractivity contribution is 5.92. The molecule has 2 heterocycles. The zero-order chi connectivity index (χ0) is 19.9. The second kappa shape index (κ2) is 9.37. The lowest BCUT2D eigenvalue weighted by Crippen LogP contribution is -2.33. The number of likely N-dealkylation sites (tertiary alicyclic amines) is 1. The topological polar surface area (TPSA) is 63.6 Å². The van der Waals surface area contributed by atoms with Gasteiger partial charge < -0.3 is 14.6 Å². The van der Waals surface area contributed by atoms with E-state index in [4.69, 9.17) is 4.74 Å². The number of aromatic nitrogens is 1. The van der Waals surface area contributed by atoms with Crippen LogP contribution in [-0.2, 0) is 21.4 Å². The van der Waals surface area contributed by atoms with Gasteiger partial charge >= 0.3 is 5.97 Å². The molecule has 0 radical (unpaired) electrons. The zero-order valence-electron chi connectivity index (χ0n) is 16.4. The predicted molar refractivity (Wildman–Crippen MR) is 110 cm³/mol. The van der Waals surface area contributed by atoms with Gasteiger partial charge in [0.1, 0.15) is 0 Å². The van der Waals surface area contributed by atoms with E-state index in [-0.39, 0.29) is 11.9 Å². The molecule has 6 nitrogen and oxygen atoms in total. The van der Waals surface area contributed by atoms with Crippen LogP contribution in [0.2, 0.25) is 0 Å². The molecule has 1 N–H and O–H groups in total. The van der Waals surface area contributed by atoms with E-state index in [9.17, 15) is 9.59 Å². The number of aryl methyl sites for hydroxylation is 1. The molecule has 1 aromatic carbocycles. The van der Waals surface area contributed by atoms with E-state index in [0.717, 1.165) is 30.6 Å². The zero-order valence-corrected chi connectivity index (χ0v) is 16.4. The monoisotopic (exact) mass is 381 g/mol. The quantitative estimate of drug-likeness (QED) is 0.590. The summed E-state index contributed by atoms with van der Waals surface area (Å²) in [6, 6.07) is 11.8. The van der Waals surface area contributed by atoms with E-state index < -0.39 is 0 Å². The second-order valence-electron chi connectivity index (χ2n) is 6.93. The maximum absolute atomic E-state index is 12.5. The standard InChI is InChI=1S/C22H27N3O3/c1-3-28-22(27)13-10-17-8-11-18(12-9-17)23-21(26)16-25-15-5-7-20(25)19-6-4-14-24(19)2/h4,6,8-14,20H,3,5,7,15-16H2,1-2H3,(H,23,26)/b13-10+. The third-order valence-electron chi connectivity index (χ3n) is 4.93. The second-order valence-corrected chi connectivity index (χ2v) is 6.93. The molecule has 1 fully saturated rings. The number of benzene rings is 1. The van der Waals surface area contributed by atoms with Gasteiger partial charge in [-0.1, -0.05) is 12.1 Å². The lowest BCUT2D eigenvalue weighted by molar-refractivity contribution is -0.137. The smallest absolute Gasteiger partial charge is 0.330 e. The molecule has 1 saturated heterocycles. The van der Waals surface area contributed by atoms with Crippen molar-refractivity contribution in [1.29, 1.82) is 0 Å². The minimum atomic E-state index is -0.363. The summed E-state index contributed by atoms with van der Waals surface area (Å²) < 4.78 is 6.99. The summed E-state index contributed by atoms with van der Waals surface area (Å²) in [5.74, 6) is -0.380. The van der Waals surface area contributed by atoms with Gasteiger partial charge in [-0.2, -0.15) is 0 Å². The molecule has 1 aliphatic heterocycles. The summed E-state index contributed by atoms with van der Waals surface area (Å²) in [4.78, 5) is 26.1. The number of rotatable bonds is 7. The molecule has 1 amide bonds. The largest absolute Gasteiger partial charge is 0.463 e. The number of hydrogen-bond acceptors (Lipinski definition) is 4. The first-order valence-electron chi connectivity index (χ1n) is 9.67. The van der Waals surface area contributed by atoms with Crippen LogP contribution < -0.4 is 5.32 Å². The fourth-order valence-electron chi connectivity index (χ4n) is 3.59. The van der Waals surface area contributed by atoms with Crippen molar-refractivity contribution in [2.75, 3.05) is 25.0 Å². The number of carbonyl (C=O) groups is 2. The van der Waals surface area contributed by atoms with Crippen LogP contribution in [0, 0.1) is 0 Å². The van der Waals surface area contributed by atoms with Gasteiger partial charge in [0.15, 0.2) is 0 Å². The van der Waals surface area contributed by atoms with Gasteiger partial charge in [0.05, 0.1) is 19.2 Å². The Kier molecular flexibility index (Phi) is 6.66. The molecule has 3 rings (SSSR count). The molecule has 148 valence electrons. The third kappa shape index (κ3) is 5.10. The van der Waals surface area contributed by atoms with Crippen LogP contribution in [0.5, 0.6) is 0 Å². The highest BCUT2D eigenvalue weighted by Crippen LogP contribution is 2.31. The highest BCUT2D eigenvalue weighted by Gasteiger charge is 2.28. The summed E-state index contributed by atoms with van der Waals surface area (Å²) in [6.07, 6.45) is 7.31. The predicted octanol–water partition coefficient (Wildman–Crippen LogP) is 3.38.